The zero-order chi connectivity index (χ0) is 44.8. The predicted molar refractivity (Wildman–Crippen MR) is 259 cm³/mol. The summed E-state index contributed by atoms with van der Waals surface area (Å²) < 4.78 is 34.6. The van der Waals surface area contributed by atoms with Gasteiger partial charge in [-0.05, 0) is 83.5 Å². The van der Waals surface area contributed by atoms with Crippen LogP contribution in [0.2, 0.25) is 0 Å². The van der Waals surface area contributed by atoms with E-state index >= 15 is 0 Å². The summed E-state index contributed by atoms with van der Waals surface area (Å²) in [6, 6.07) is 0. The molecule has 0 spiro atoms. The first kappa shape index (κ1) is 58.9. The van der Waals surface area contributed by atoms with Crippen molar-refractivity contribution in [3.8, 4) is 0 Å². The number of likely N-dealkylation sites (N-methyl/N-ethyl adjacent to an activating group) is 1. The molecule has 0 aromatic heterocycles. The summed E-state index contributed by atoms with van der Waals surface area (Å²) in [6.07, 6.45) is 57.9. The average Bonchev–Trinajstić information content (AvgIpc) is 3.22. The number of quaternary nitrogens is 1. The second-order valence-corrected chi connectivity index (χ2v) is 18.8. The Morgan fingerprint density at radius 3 is 1.43 bits per heavy atom. The Hall–Kier alpha value is -2.06. The van der Waals surface area contributed by atoms with Gasteiger partial charge in [-0.1, -0.05) is 177 Å². The van der Waals surface area contributed by atoms with E-state index in [1.807, 2.05) is 21.1 Å². The first-order valence-corrected chi connectivity index (χ1v) is 26.1. The number of ether oxygens (including phenoxy) is 2. The van der Waals surface area contributed by atoms with E-state index in [1.165, 1.54) is 109 Å². The molecule has 0 aliphatic rings. The predicted octanol–water partition coefficient (Wildman–Crippen LogP) is 14.4. The number of carbonyl (C=O) groups is 1. The number of hydrogen-bond acceptors (Lipinski definition) is 7. The van der Waals surface area contributed by atoms with Crippen LogP contribution in [0, 0.1) is 0 Å². The van der Waals surface area contributed by atoms with Crippen LogP contribution in [0.4, 0.5) is 0 Å². The summed E-state index contributed by atoms with van der Waals surface area (Å²) in [6.45, 7) is 5.22. The molecule has 8 nitrogen and oxygen atoms in total. The van der Waals surface area contributed by atoms with Gasteiger partial charge in [0.2, 0.25) is 0 Å². The highest BCUT2D eigenvalue weighted by molar-refractivity contribution is 7.45. The van der Waals surface area contributed by atoms with Crippen LogP contribution in [-0.2, 0) is 27.9 Å². The van der Waals surface area contributed by atoms with Crippen LogP contribution in [0.15, 0.2) is 72.9 Å². The second-order valence-electron chi connectivity index (χ2n) is 17.4. The molecule has 0 aromatic rings. The normalized spacial score (nSPS) is 14.3. The summed E-state index contributed by atoms with van der Waals surface area (Å²) in [5, 5.41) is 0. The fourth-order valence-electron chi connectivity index (χ4n) is 6.45. The van der Waals surface area contributed by atoms with Gasteiger partial charge in [-0.25, -0.2) is 0 Å². The summed E-state index contributed by atoms with van der Waals surface area (Å²) in [7, 11) is 1.32. The molecule has 2 atom stereocenters. The third-order valence-corrected chi connectivity index (χ3v) is 11.2. The van der Waals surface area contributed by atoms with E-state index in [4.69, 9.17) is 18.5 Å². The van der Waals surface area contributed by atoms with Crippen LogP contribution >= 0.6 is 7.82 Å². The number of phosphoric acid groups is 1. The van der Waals surface area contributed by atoms with E-state index in [0.717, 1.165) is 57.8 Å². The van der Waals surface area contributed by atoms with Crippen LogP contribution in [-0.4, -0.2) is 70.7 Å². The lowest BCUT2D eigenvalue weighted by Gasteiger charge is -2.28. The fraction of sp³-hybridized carbons (Fsp3) is 0.750. The molecule has 0 heterocycles. The summed E-state index contributed by atoms with van der Waals surface area (Å²) >= 11 is 0. The van der Waals surface area contributed by atoms with Crippen molar-refractivity contribution in [1.82, 2.24) is 0 Å². The summed E-state index contributed by atoms with van der Waals surface area (Å²) in [5.74, 6) is -0.376. The molecule has 61 heavy (non-hydrogen) atoms. The molecule has 0 aromatic carbocycles. The van der Waals surface area contributed by atoms with Crippen LogP contribution in [0.3, 0.4) is 0 Å². The summed E-state index contributed by atoms with van der Waals surface area (Å²) in [5.41, 5.74) is 0. The molecule has 0 bridgehead atoms. The van der Waals surface area contributed by atoms with E-state index < -0.39 is 13.9 Å². The van der Waals surface area contributed by atoms with Gasteiger partial charge in [-0.15, -0.1) is 0 Å². The van der Waals surface area contributed by atoms with Crippen molar-refractivity contribution < 1.29 is 37.3 Å². The molecule has 354 valence electrons. The van der Waals surface area contributed by atoms with Crippen LogP contribution in [0.1, 0.15) is 194 Å². The maximum atomic E-state index is 12.7. The van der Waals surface area contributed by atoms with Gasteiger partial charge in [0, 0.05) is 13.0 Å². The highest BCUT2D eigenvalue weighted by Gasteiger charge is 2.20. The number of phosphoric ester groups is 1. The standard InChI is InChI=1S/C52H94NO7P/c1-6-8-10-12-14-16-18-20-22-23-24-25-26-27-28-29-30-32-34-36-38-40-42-44-47-57-49-51(50-59-61(55,56)58-48-46-53(3,4)5)60-52(54)45-43-41-39-37-35-33-31-21-19-17-15-13-11-9-7-2/h9,11,15,17-18,20-21,23-24,31,35,37,51H,6-8,10,12-14,16,19,22,25-30,32-34,36,38-50H2,1-5H3/b11-9-,17-15-,20-18-,24-23-,31-21-,37-35-. The fourth-order valence-corrected chi connectivity index (χ4v) is 7.18. The molecule has 0 N–H and O–H groups in total. The Kier molecular flexibility index (Phi) is 43.0. The third-order valence-electron chi connectivity index (χ3n) is 10.2. The first-order valence-electron chi connectivity index (χ1n) is 24.7. The highest BCUT2D eigenvalue weighted by atomic mass is 31.2. The van der Waals surface area contributed by atoms with E-state index in [-0.39, 0.29) is 32.2 Å². The highest BCUT2D eigenvalue weighted by Crippen LogP contribution is 2.38. The van der Waals surface area contributed by atoms with Crippen LogP contribution in [0.25, 0.3) is 0 Å². The monoisotopic (exact) mass is 876 g/mol. The molecule has 0 radical (unpaired) electrons. The Balaban J connectivity index is 4.17. The van der Waals surface area contributed by atoms with Crippen molar-refractivity contribution in [2.45, 2.75) is 200 Å². The SMILES string of the molecule is CC/C=C\C/C=C\C/C=C\C/C=C\CCCCC(=O)OC(COCCCCCCCCCCCCCC/C=C\C/C=C\CCCCCCC)COP(=O)([O-])OCC[N+](C)(C)C. The number of rotatable bonds is 45. The lowest BCUT2D eigenvalue weighted by Crippen LogP contribution is -2.37. The zero-order valence-corrected chi connectivity index (χ0v) is 41.0. The van der Waals surface area contributed by atoms with Crippen molar-refractivity contribution in [2.24, 2.45) is 0 Å². The minimum Gasteiger partial charge on any atom is -0.756 e. The van der Waals surface area contributed by atoms with Crippen molar-refractivity contribution in [1.29, 1.82) is 0 Å². The van der Waals surface area contributed by atoms with Gasteiger partial charge < -0.3 is 27.9 Å². The van der Waals surface area contributed by atoms with E-state index in [0.29, 0.717) is 24.1 Å². The zero-order valence-electron chi connectivity index (χ0n) is 40.1. The van der Waals surface area contributed by atoms with E-state index in [9.17, 15) is 14.3 Å². The lowest BCUT2D eigenvalue weighted by molar-refractivity contribution is -0.870. The number of esters is 1. The van der Waals surface area contributed by atoms with Crippen LogP contribution < -0.4 is 4.89 Å². The van der Waals surface area contributed by atoms with E-state index in [1.54, 1.807) is 0 Å². The van der Waals surface area contributed by atoms with Crippen molar-refractivity contribution in [3.63, 3.8) is 0 Å². The number of carbonyl (C=O) groups excluding carboxylic acids is 1. The molecule has 0 rings (SSSR count). The van der Waals surface area contributed by atoms with Crippen molar-refractivity contribution in [2.75, 3.05) is 54.1 Å². The number of nitrogens with zero attached hydrogens (tertiary/aromatic N) is 1. The minimum atomic E-state index is -4.54. The molecule has 0 amide bonds. The number of unbranched alkanes of at least 4 members (excludes halogenated alkanes) is 19. The van der Waals surface area contributed by atoms with E-state index in [2.05, 4.69) is 86.8 Å². The molecular weight excluding hydrogens is 782 g/mol. The van der Waals surface area contributed by atoms with Gasteiger partial charge in [0.25, 0.3) is 7.82 Å². The maximum absolute atomic E-state index is 12.7. The topological polar surface area (TPSA) is 94.1 Å². The largest absolute Gasteiger partial charge is 0.756 e. The number of allylic oxidation sites excluding steroid dienone is 12. The summed E-state index contributed by atoms with van der Waals surface area (Å²) in [4.78, 5) is 25.1. The first-order chi connectivity index (χ1) is 29.6. The Morgan fingerprint density at radius 1 is 0.525 bits per heavy atom. The molecule has 2 unspecified atom stereocenters. The lowest BCUT2D eigenvalue weighted by atomic mass is 10.0. The second kappa shape index (κ2) is 44.5. The quantitative estimate of drug-likeness (QED) is 0.0198. The van der Waals surface area contributed by atoms with Gasteiger partial charge in [0.05, 0.1) is 34.4 Å². The average molecular weight is 876 g/mol. The van der Waals surface area contributed by atoms with Crippen molar-refractivity contribution in [3.05, 3.63) is 72.9 Å². The number of hydrogen-bond donors (Lipinski definition) is 0. The molecule has 9 heteroatoms. The third kappa shape index (κ3) is 48.8. The van der Waals surface area contributed by atoms with Gasteiger partial charge in [-0.3, -0.25) is 9.36 Å². The minimum absolute atomic E-state index is 0.0147. The van der Waals surface area contributed by atoms with Gasteiger partial charge >= 0.3 is 5.97 Å². The van der Waals surface area contributed by atoms with Gasteiger partial charge in [-0.2, -0.15) is 0 Å². The Morgan fingerprint density at radius 2 is 0.951 bits per heavy atom. The molecule has 0 aliphatic carbocycles. The van der Waals surface area contributed by atoms with Gasteiger partial charge in [0.1, 0.15) is 19.3 Å². The molecule has 0 fully saturated rings. The smallest absolute Gasteiger partial charge is 0.306 e. The maximum Gasteiger partial charge on any atom is 0.306 e. The Labute approximate surface area is 376 Å². The van der Waals surface area contributed by atoms with Crippen LogP contribution in [0.5, 0.6) is 0 Å². The molecule has 0 saturated carbocycles. The molecule has 0 aliphatic heterocycles. The van der Waals surface area contributed by atoms with Gasteiger partial charge in [0.15, 0.2) is 0 Å². The molecular formula is C52H94NO7P. The molecule has 0 saturated heterocycles. The van der Waals surface area contributed by atoms with Crippen molar-refractivity contribution >= 4 is 13.8 Å². The Bertz CT molecular complexity index is 1200.